The second kappa shape index (κ2) is 5.88. The van der Waals surface area contributed by atoms with Crippen LogP contribution in [0.4, 0.5) is 5.82 Å². The molecule has 1 aliphatic heterocycles. The quantitative estimate of drug-likeness (QED) is 0.547. The van der Waals surface area contributed by atoms with E-state index in [1.54, 1.807) is 6.20 Å². The predicted molar refractivity (Wildman–Crippen MR) is 77.2 cm³/mol. The number of anilines is 1. The van der Waals surface area contributed by atoms with Crippen LogP contribution in [-0.2, 0) is 0 Å². The van der Waals surface area contributed by atoms with Crippen LogP contribution in [0.5, 0.6) is 0 Å². The first-order chi connectivity index (χ1) is 8.65. The number of pyridine rings is 1. The fourth-order valence-electron chi connectivity index (χ4n) is 2.44. The van der Waals surface area contributed by atoms with E-state index < -0.39 is 0 Å². The fraction of sp³-hybridized carbons (Fsp3) is 0.583. The standard InChI is InChI=1S/C12H21N5S/c1-8-3-4-15-12(13)10(8)11(16-14)9-7-18-6-5-17(9)2/h3-4,9,11,16H,5-7,14H2,1-2H3,(H2,13,15). The molecule has 1 fully saturated rings. The summed E-state index contributed by atoms with van der Waals surface area (Å²) < 4.78 is 0. The number of nitrogens with two attached hydrogens (primary N) is 2. The molecular formula is C12H21N5S. The van der Waals surface area contributed by atoms with Gasteiger partial charge in [-0.05, 0) is 25.6 Å². The summed E-state index contributed by atoms with van der Waals surface area (Å²) in [7, 11) is 2.14. The molecule has 0 amide bonds. The molecule has 2 heterocycles. The highest BCUT2D eigenvalue weighted by molar-refractivity contribution is 7.99. The van der Waals surface area contributed by atoms with Gasteiger partial charge in [0.1, 0.15) is 5.82 Å². The van der Waals surface area contributed by atoms with Crippen molar-refractivity contribution >= 4 is 17.6 Å². The largest absolute Gasteiger partial charge is 0.383 e. The van der Waals surface area contributed by atoms with E-state index in [9.17, 15) is 0 Å². The molecule has 2 unspecified atom stereocenters. The molecule has 0 spiro atoms. The number of likely N-dealkylation sites (N-methyl/N-ethyl adjacent to an activating group) is 1. The Morgan fingerprint density at radius 1 is 1.61 bits per heavy atom. The predicted octanol–water partition coefficient (Wildman–Crippen LogP) is 0.524. The number of aryl methyl sites for hydroxylation is 1. The fourth-order valence-corrected chi connectivity index (χ4v) is 3.71. The average Bonchev–Trinajstić information content (AvgIpc) is 2.35. The Morgan fingerprint density at radius 3 is 3.00 bits per heavy atom. The van der Waals surface area contributed by atoms with Crippen molar-refractivity contribution < 1.29 is 0 Å². The Hall–Kier alpha value is -0.820. The molecule has 1 saturated heterocycles. The first kappa shape index (κ1) is 13.6. The number of nitrogens with zero attached hydrogens (tertiary/aromatic N) is 2. The summed E-state index contributed by atoms with van der Waals surface area (Å²) in [5, 5.41) is 0. The van der Waals surface area contributed by atoms with E-state index in [0.717, 1.165) is 23.4 Å². The molecule has 0 aliphatic carbocycles. The number of rotatable bonds is 3. The molecule has 0 bridgehead atoms. The van der Waals surface area contributed by atoms with Crippen LogP contribution in [0.2, 0.25) is 0 Å². The molecule has 0 radical (unpaired) electrons. The van der Waals surface area contributed by atoms with Crippen LogP contribution < -0.4 is 17.0 Å². The number of hydrogen-bond donors (Lipinski definition) is 3. The smallest absolute Gasteiger partial charge is 0.128 e. The van der Waals surface area contributed by atoms with Gasteiger partial charge in [0.05, 0.1) is 6.04 Å². The first-order valence-electron chi connectivity index (χ1n) is 6.10. The summed E-state index contributed by atoms with van der Waals surface area (Å²) in [4.78, 5) is 6.53. The molecule has 5 N–H and O–H groups in total. The number of hydrazine groups is 1. The number of nitrogen functional groups attached to an aromatic ring is 1. The molecule has 18 heavy (non-hydrogen) atoms. The maximum atomic E-state index is 6.02. The van der Waals surface area contributed by atoms with Crippen LogP contribution in [0.3, 0.4) is 0 Å². The molecule has 0 saturated carbocycles. The zero-order valence-electron chi connectivity index (χ0n) is 10.9. The van der Waals surface area contributed by atoms with Crippen LogP contribution >= 0.6 is 11.8 Å². The van der Waals surface area contributed by atoms with Crippen LogP contribution in [0.15, 0.2) is 12.3 Å². The van der Waals surface area contributed by atoms with E-state index in [2.05, 4.69) is 22.4 Å². The second-order valence-corrected chi connectivity index (χ2v) is 5.84. The third-order valence-electron chi connectivity index (χ3n) is 3.56. The monoisotopic (exact) mass is 267 g/mol. The molecular weight excluding hydrogens is 246 g/mol. The normalized spacial score (nSPS) is 22.9. The van der Waals surface area contributed by atoms with Crippen molar-refractivity contribution in [2.45, 2.75) is 19.0 Å². The third-order valence-corrected chi connectivity index (χ3v) is 4.61. The number of nitrogens with one attached hydrogen (secondary N) is 1. The average molecular weight is 267 g/mol. The van der Waals surface area contributed by atoms with Crippen LogP contribution in [0, 0.1) is 6.92 Å². The summed E-state index contributed by atoms with van der Waals surface area (Å²) in [6, 6.07) is 2.35. The lowest BCUT2D eigenvalue weighted by molar-refractivity contribution is 0.216. The van der Waals surface area contributed by atoms with Crippen molar-refractivity contribution in [3.05, 3.63) is 23.4 Å². The van der Waals surface area contributed by atoms with Crippen molar-refractivity contribution in [1.29, 1.82) is 0 Å². The van der Waals surface area contributed by atoms with Gasteiger partial charge in [0.2, 0.25) is 0 Å². The van der Waals surface area contributed by atoms with E-state index in [-0.39, 0.29) is 6.04 Å². The lowest BCUT2D eigenvalue weighted by atomic mass is 9.96. The van der Waals surface area contributed by atoms with Gasteiger partial charge in [0.15, 0.2) is 0 Å². The summed E-state index contributed by atoms with van der Waals surface area (Å²) in [6.07, 6.45) is 1.74. The van der Waals surface area contributed by atoms with E-state index >= 15 is 0 Å². The minimum absolute atomic E-state index is 0.0245. The zero-order valence-corrected chi connectivity index (χ0v) is 11.7. The molecule has 100 valence electrons. The van der Waals surface area contributed by atoms with E-state index in [0.29, 0.717) is 11.9 Å². The maximum Gasteiger partial charge on any atom is 0.128 e. The third kappa shape index (κ3) is 2.61. The van der Waals surface area contributed by atoms with Gasteiger partial charge in [-0.2, -0.15) is 11.8 Å². The highest BCUT2D eigenvalue weighted by Gasteiger charge is 2.30. The van der Waals surface area contributed by atoms with Gasteiger partial charge in [-0.1, -0.05) is 0 Å². The van der Waals surface area contributed by atoms with Gasteiger partial charge >= 0.3 is 0 Å². The minimum atomic E-state index is 0.0245. The highest BCUT2D eigenvalue weighted by Crippen LogP contribution is 2.30. The number of hydrogen-bond acceptors (Lipinski definition) is 6. The molecule has 1 aliphatic rings. The summed E-state index contributed by atoms with van der Waals surface area (Å²) >= 11 is 1.96. The lowest BCUT2D eigenvalue weighted by Crippen LogP contribution is -2.49. The molecule has 1 aromatic rings. The minimum Gasteiger partial charge on any atom is -0.383 e. The van der Waals surface area contributed by atoms with E-state index in [1.807, 2.05) is 24.8 Å². The summed E-state index contributed by atoms with van der Waals surface area (Å²) in [6.45, 7) is 3.13. The highest BCUT2D eigenvalue weighted by atomic mass is 32.2. The molecule has 5 nitrogen and oxygen atoms in total. The van der Waals surface area contributed by atoms with Crippen molar-refractivity contribution in [3.8, 4) is 0 Å². The van der Waals surface area contributed by atoms with E-state index in [4.69, 9.17) is 11.6 Å². The Bertz CT molecular complexity index is 391. The van der Waals surface area contributed by atoms with Gasteiger partial charge < -0.3 is 5.73 Å². The Morgan fingerprint density at radius 2 is 2.39 bits per heavy atom. The van der Waals surface area contributed by atoms with Crippen molar-refractivity contribution in [1.82, 2.24) is 15.3 Å². The van der Waals surface area contributed by atoms with Crippen molar-refractivity contribution in [2.75, 3.05) is 30.8 Å². The van der Waals surface area contributed by atoms with Gasteiger partial charge in [0.25, 0.3) is 0 Å². The van der Waals surface area contributed by atoms with E-state index in [1.165, 1.54) is 5.75 Å². The van der Waals surface area contributed by atoms with Gasteiger partial charge in [-0.25, -0.2) is 4.98 Å². The second-order valence-electron chi connectivity index (χ2n) is 4.69. The van der Waals surface area contributed by atoms with Crippen molar-refractivity contribution in [2.24, 2.45) is 5.84 Å². The Balaban J connectivity index is 2.32. The number of aromatic nitrogens is 1. The van der Waals surface area contributed by atoms with Crippen LogP contribution in [0.25, 0.3) is 0 Å². The summed E-state index contributed by atoms with van der Waals surface area (Å²) in [5.74, 6) is 8.56. The number of thioether (sulfide) groups is 1. The van der Waals surface area contributed by atoms with Crippen LogP contribution in [-0.4, -0.2) is 41.0 Å². The van der Waals surface area contributed by atoms with Gasteiger partial charge in [-0.15, -0.1) is 0 Å². The maximum absolute atomic E-state index is 6.02. The van der Waals surface area contributed by atoms with Gasteiger partial charge in [-0.3, -0.25) is 16.2 Å². The molecule has 1 aromatic heterocycles. The molecule has 2 rings (SSSR count). The first-order valence-corrected chi connectivity index (χ1v) is 7.25. The van der Waals surface area contributed by atoms with Crippen LogP contribution in [0.1, 0.15) is 17.2 Å². The molecule has 0 aromatic carbocycles. The Kier molecular flexibility index (Phi) is 4.45. The Labute approximate surface area is 112 Å². The lowest BCUT2D eigenvalue weighted by Gasteiger charge is -2.38. The molecule has 6 heteroatoms. The zero-order chi connectivity index (χ0) is 13.1. The summed E-state index contributed by atoms with van der Waals surface area (Å²) in [5.41, 5.74) is 11.1. The molecule has 2 atom stereocenters. The van der Waals surface area contributed by atoms with Gasteiger partial charge in [0, 0.05) is 35.9 Å². The van der Waals surface area contributed by atoms with Crippen molar-refractivity contribution in [3.63, 3.8) is 0 Å². The topological polar surface area (TPSA) is 80.2 Å². The SMILES string of the molecule is Cc1ccnc(N)c1C(NN)C1CSCCN1C.